The quantitative estimate of drug-likeness (QED) is 0.211. The van der Waals surface area contributed by atoms with E-state index in [0.29, 0.717) is 0 Å². The van der Waals surface area contributed by atoms with Gasteiger partial charge >= 0.3 is 41.0 Å². The van der Waals surface area contributed by atoms with E-state index in [-0.39, 0.29) is 24.8 Å². The molecular formula is C22H22Cl2Hf-2. The molecule has 1 aliphatic carbocycles. The van der Waals surface area contributed by atoms with Gasteiger partial charge in [0, 0.05) is 0 Å². The standard InChI is InChI=1S/C13H9.C6H7.C3H6.2ClH.Hf/c1-3-7-12-10(5-1)9-11-6-2-4-8-13(11)12;1-6-4-2-3-5-6;1-3-2;;;/h1-5,7-8H,9H2;2-5H,1H3;1-2H3;2*1H;/q2*-1;;;;+2/p-2. The Kier molecular flexibility index (Phi) is 12.0. The minimum atomic E-state index is 0. The summed E-state index contributed by atoms with van der Waals surface area (Å²) in [4.78, 5) is 0. The molecule has 3 heteroatoms. The van der Waals surface area contributed by atoms with Gasteiger partial charge in [-0.05, 0) is 6.42 Å². The van der Waals surface area contributed by atoms with E-state index in [4.69, 9.17) is 0 Å². The number of hydrogen-bond donors (Lipinski definition) is 0. The van der Waals surface area contributed by atoms with Crippen molar-refractivity contribution in [3.8, 4) is 11.1 Å². The van der Waals surface area contributed by atoms with Crippen molar-refractivity contribution >= 4 is 3.26 Å². The average molecular weight is 536 g/mol. The van der Waals surface area contributed by atoms with E-state index in [2.05, 4.69) is 75.4 Å². The first-order valence-electron chi connectivity index (χ1n) is 7.86. The van der Waals surface area contributed by atoms with E-state index < -0.39 is 0 Å². The Morgan fingerprint density at radius 3 is 2.16 bits per heavy atom. The third kappa shape index (κ3) is 7.90. The number of hydrogen-bond acceptors (Lipinski definition) is 0. The maximum absolute atomic E-state index is 3.30. The van der Waals surface area contributed by atoms with Crippen molar-refractivity contribution in [1.82, 2.24) is 0 Å². The Morgan fingerprint density at radius 2 is 1.60 bits per heavy atom. The van der Waals surface area contributed by atoms with Crippen molar-refractivity contribution in [3.05, 3.63) is 89.5 Å². The van der Waals surface area contributed by atoms with Crippen LogP contribution < -0.4 is 24.8 Å². The molecule has 0 unspecified atom stereocenters. The van der Waals surface area contributed by atoms with Crippen LogP contribution in [0.1, 0.15) is 30.5 Å². The van der Waals surface area contributed by atoms with E-state index >= 15 is 0 Å². The molecule has 0 bridgehead atoms. The van der Waals surface area contributed by atoms with Crippen molar-refractivity contribution in [2.24, 2.45) is 0 Å². The van der Waals surface area contributed by atoms with Gasteiger partial charge in [0.05, 0.1) is 0 Å². The van der Waals surface area contributed by atoms with Crippen LogP contribution in [0.5, 0.6) is 0 Å². The molecule has 0 fully saturated rings. The van der Waals surface area contributed by atoms with Gasteiger partial charge in [-0.1, -0.05) is 42.3 Å². The fourth-order valence-electron chi connectivity index (χ4n) is 2.47. The van der Waals surface area contributed by atoms with Crippen LogP contribution in [0.3, 0.4) is 0 Å². The van der Waals surface area contributed by atoms with Crippen molar-refractivity contribution < 1.29 is 48.7 Å². The van der Waals surface area contributed by atoms with Crippen LogP contribution in [0, 0.1) is 13.0 Å². The van der Waals surface area contributed by atoms with Crippen LogP contribution in [-0.2, 0) is 30.3 Å². The molecule has 0 N–H and O–H groups in total. The number of halogens is 2. The molecule has 0 aliphatic heterocycles. The van der Waals surface area contributed by atoms with Gasteiger partial charge in [-0.2, -0.15) is 47.5 Å². The predicted molar refractivity (Wildman–Crippen MR) is 96.6 cm³/mol. The smallest absolute Gasteiger partial charge is 0.0253 e. The van der Waals surface area contributed by atoms with Crippen LogP contribution in [0.25, 0.3) is 11.1 Å². The van der Waals surface area contributed by atoms with Gasteiger partial charge < -0.3 is 24.8 Å². The summed E-state index contributed by atoms with van der Waals surface area (Å²) in [5.74, 6) is 0. The molecule has 3 aromatic carbocycles. The molecule has 130 valence electrons. The zero-order chi connectivity index (χ0) is 16.7. The minimum Gasteiger partial charge on any atom is -1.00 e. The average Bonchev–Trinajstić information content (AvgIpc) is 3.13. The number of rotatable bonds is 0. The second-order valence-electron chi connectivity index (χ2n) is 5.86. The van der Waals surface area contributed by atoms with Crippen molar-refractivity contribution in [3.63, 3.8) is 0 Å². The van der Waals surface area contributed by atoms with Crippen LogP contribution in [0.4, 0.5) is 0 Å². The van der Waals surface area contributed by atoms with Crippen molar-refractivity contribution in [2.75, 3.05) is 0 Å². The Hall–Kier alpha value is -0.890. The van der Waals surface area contributed by atoms with E-state index in [9.17, 15) is 0 Å². The monoisotopic (exact) mass is 536 g/mol. The second kappa shape index (κ2) is 12.5. The molecule has 0 saturated carbocycles. The zero-order valence-electron chi connectivity index (χ0n) is 14.8. The summed E-state index contributed by atoms with van der Waals surface area (Å²) in [7, 11) is 0. The predicted octanol–water partition coefficient (Wildman–Crippen LogP) is -0.475. The van der Waals surface area contributed by atoms with E-state index in [0.717, 1.165) is 6.42 Å². The molecule has 0 spiro atoms. The first kappa shape index (κ1) is 24.1. The van der Waals surface area contributed by atoms with Gasteiger partial charge in [-0.15, -0.1) is 5.56 Å². The maximum atomic E-state index is 3.30. The number of fused-ring (bicyclic) bond motifs is 3. The third-order valence-electron chi connectivity index (χ3n) is 3.45. The van der Waals surface area contributed by atoms with Gasteiger partial charge in [0.2, 0.25) is 0 Å². The fourth-order valence-corrected chi connectivity index (χ4v) is 2.47. The largest absolute Gasteiger partial charge is 1.00 e. The molecule has 0 heterocycles. The van der Waals surface area contributed by atoms with Crippen LogP contribution in [0.15, 0.2) is 66.7 Å². The molecule has 0 nitrogen and oxygen atoms in total. The molecule has 0 aromatic heterocycles. The maximum Gasteiger partial charge on any atom is -0.0253 e. The number of benzene rings is 2. The van der Waals surface area contributed by atoms with Crippen LogP contribution in [0.2, 0.25) is 0 Å². The Labute approximate surface area is 178 Å². The summed E-state index contributed by atoms with van der Waals surface area (Å²) < 4.78 is 1.56. The summed E-state index contributed by atoms with van der Waals surface area (Å²) in [6.45, 7) is 6.37. The fraction of sp³-hybridized carbons (Fsp3) is 0.182. The molecule has 0 saturated heterocycles. The van der Waals surface area contributed by atoms with E-state index in [1.165, 1.54) is 51.7 Å². The molecule has 1 aliphatic rings. The van der Waals surface area contributed by atoms with Crippen molar-refractivity contribution in [1.29, 1.82) is 0 Å². The summed E-state index contributed by atoms with van der Waals surface area (Å²) >= 11 is 1.27. The first-order chi connectivity index (χ1) is 11.1. The Morgan fingerprint density at radius 1 is 0.960 bits per heavy atom. The Bertz CT molecular complexity index is 714. The zero-order valence-corrected chi connectivity index (χ0v) is 19.9. The Balaban J connectivity index is 0.000000410. The SMILES string of the molecule is C[C](C)=[Hf+2].Cc1ccc[cH-]1.[Cl-].[Cl-].[c-]1cccc2c1Cc1ccccc1-2. The molecule has 25 heavy (non-hydrogen) atoms. The van der Waals surface area contributed by atoms with Gasteiger partial charge in [-0.3, -0.25) is 0 Å². The molecular weight excluding hydrogens is 514 g/mol. The molecule has 0 amide bonds. The summed E-state index contributed by atoms with van der Waals surface area (Å²) in [6, 6.07) is 26.3. The van der Waals surface area contributed by atoms with Gasteiger partial charge in [0.25, 0.3) is 0 Å². The van der Waals surface area contributed by atoms with Crippen LogP contribution >= 0.6 is 0 Å². The summed E-state index contributed by atoms with van der Waals surface area (Å²) in [5, 5.41) is 0. The number of aryl methyl sites for hydroxylation is 1. The molecule has 0 radical (unpaired) electrons. The van der Waals surface area contributed by atoms with Gasteiger partial charge in [0.15, 0.2) is 0 Å². The third-order valence-corrected chi connectivity index (χ3v) is 3.45. The summed E-state index contributed by atoms with van der Waals surface area (Å²) in [5.41, 5.74) is 6.85. The summed E-state index contributed by atoms with van der Waals surface area (Å²) in [6.07, 6.45) is 1.05. The first-order valence-corrected chi connectivity index (χ1v) is 9.65. The van der Waals surface area contributed by atoms with Crippen LogP contribution in [-0.4, -0.2) is 3.26 Å². The van der Waals surface area contributed by atoms with Gasteiger partial charge in [-0.25, -0.2) is 12.1 Å². The van der Waals surface area contributed by atoms with E-state index in [1.54, 1.807) is 3.26 Å². The minimum absolute atomic E-state index is 0. The second-order valence-corrected chi connectivity index (χ2v) is 9.45. The topological polar surface area (TPSA) is 0 Å². The molecule has 3 aromatic rings. The van der Waals surface area contributed by atoms with Crippen molar-refractivity contribution in [2.45, 2.75) is 27.2 Å². The molecule has 0 atom stereocenters. The van der Waals surface area contributed by atoms with E-state index in [1.807, 2.05) is 18.2 Å². The normalized spacial score (nSPS) is 9.64. The molecule has 4 rings (SSSR count). The van der Waals surface area contributed by atoms with Gasteiger partial charge in [0.1, 0.15) is 0 Å².